The first-order valence-corrected chi connectivity index (χ1v) is 8.11. The van der Waals surface area contributed by atoms with Crippen LogP contribution < -0.4 is 9.46 Å². The molecule has 0 spiro atoms. The first-order valence-electron chi connectivity index (χ1n) is 6.25. The fourth-order valence-electron chi connectivity index (χ4n) is 1.50. The van der Waals surface area contributed by atoms with Gasteiger partial charge >= 0.3 is 0 Å². The molecule has 0 aliphatic rings. The molecular formula is C13H14ClN3O3S. The quantitative estimate of drug-likeness (QED) is 0.825. The maximum Gasteiger partial charge on any atom is 0.264 e. The van der Waals surface area contributed by atoms with E-state index in [-0.39, 0.29) is 16.0 Å². The third-order valence-corrected chi connectivity index (χ3v) is 4.01. The Hall–Kier alpha value is -1.86. The summed E-state index contributed by atoms with van der Waals surface area (Å²) >= 11 is 5.69. The molecule has 0 saturated heterocycles. The zero-order valence-corrected chi connectivity index (χ0v) is 12.9. The normalized spacial score (nSPS) is 11.1. The van der Waals surface area contributed by atoms with Crippen LogP contribution >= 0.6 is 11.6 Å². The fourth-order valence-corrected chi connectivity index (χ4v) is 2.59. The van der Waals surface area contributed by atoms with Crippen LogP contribution in [0.15, 0.2) is 41.4 Å². The van der Waals surface area contributed by atoms with E-state index >= 15 is 0 Å². The van der Waals surface area contributed by atoms with Crippen LogP contribution in [0.3, 0.4) is 0 Å². The molecule has 1 heterocycles. The molecule has 0 bridgehead atoms. The van der Waals surface area contributed by atoms with E-state index in [0.29, 0.717) is 12.4 Å². The van der Waals surface area contributed by atoms with Crippen molar-refractivity contribution in [3.05, 3.63) is 41.7 Å². The highest BCUT2D eigenvalue weighted by Gasteiger charge is 2.15. The summed E-state index contributed by atoms with van der Waals surface area (Å²) in [5, 5.41) is 0.158. The molecule has 112 valence electrons. The summed E-state index contributed by atoms with van der Waals surface area (Å²) < 4.78 is 32.0. The summed E-state index contributed by atoms with van der Waals surface area (Å²) in [6.45, 7) is 2.58. The molecule has 0 radical (unpaired) electrons. The summed E-state index contributed by atoms with van der Waals surface area (Å²) in [7, 11) is -3.76. The van der Waals surface area contributed by atoms with Crippen molar-refractivity contribution in [3.8, 4) is 5.75 Å². The van der Waals surface area contributed by atoms with Gasteiger partial charge in [0.05, 0.1) is 11.5 Å². The van der Waals surface area contributed by atoms with Gasteiger partial charge in [-0.3, -0.25) is 0 Å². The van der Waals surface area contributed by atoms with Crippen molar-refractivity contribution in [3.63, 3.8) is 0 Å². The van der Waals surface area contributed by atoms with Crippen LogP contribution in [0.2, 0.25) is 5.15 Å². The van der Waals surface area contributed by atoms with Gasteiger partial charge in [0.1, 0.15) is 10.9 Å². The number of nitrogens with one attached hydrogen (secondary N) is 1. The smallest absolute Gasteiger partial charge is 0.264 e. The zero-order chi connectivity index (χ0) is 15.3. The predicted molar refractivity (Wildman–Crippen MR) is 80.1 cm³/mol. The Kier molecular flexibility index (Phi) is 4.98. The first kappa shape index (κ1) is 15.5. The van der Waals surface area contributed by atoms with Crippen molar-refractivity contribution in [2.24, 2.45) is 0 Å². The Morgan fingerprint density at radius 3 is 2.57 bits per heavy atom. The average Bonchev–Trinajstić information content (AvgIpc) is 2.45. The van der Waals surface area contributed by atoms with Gasteiger partial charge in [-0.2, -0.15) is 0 Å². The minimum Gasteiger partial charge on any atom is -0.494 e. The number of hydrogen-bond donors (Lipinski definition) is 1. The second-order valence-corrected chi connectivity index (χ2v) is 6.20. The molecule has 0 atom stereocenters. The van der Waals surface area contributed by atoms with Gasteiger partial charge in [-0.1, -0.05) is 18.5 Å². The van der Waals surface area contributed by atoms with Crippen LogP contribution in [-0.4, -0.2) is 25.0 Å². The minimum absolute atomic E-state index is 0.0752. The number of anilines is 1. The van der Waals surface area contributed by atoms with Gasteiger partial charge < -0.3 is 4.74 Å². The largest absolute Gasteiger partial charge is 0.494 e. The van der Waals surface area contributed by atoms with Crippen LogP contribution in [0.5, 0.6) is 5.75 Å². The number of ether oxygens (including phenoxy) is 1. The van der Waals surface area contributed by atoms with E-state index in [9.17, 15) is 8.42 Å². The molecule has 1 N–H and O–H groups in total. The molecule has 0 amide bonds. The third kappa shape index (κ3) is 4.30. The van der Waals surface area contributed by atoms with E-state index in [0.717, 1.165) is 6.42 Å². The van der Waals surface area contributed by atoms with Gasteiger partial charge in [0, 0.05) is 6.20 Å². The Labute approximate surface area is 128 Å². The van der Waals surface area contributed by atoms with E-state index in [1.807, 2.05) is 6.92 Å². The second kappa shape index (κ2) is 6.73. The van der Waals surface area contributed by atoms with E-state index in [2.05, 4.69) is 14.7 Å². The lowest BCUT2D eigenvalue weighted by Crippen LogP contribution is -2.15. The number of nitrogens with zero attached hydrogens (tertiary/aromatic N) is 2. The lowest BCUT2D eigenvalue weighted by Gasteiger charge is -2.08. The molecule has 1 aromatic heterocycles. The summed E-state index contributed by atoms with van der Waals surface area (Å²) in [6, 6.07) is 7.57. The van der Waals surface area contributed by atoms with E-state index in [1.54, 1.807) is 12.1 Å². The molecule has 0 saturated carbocycles. The predicted octanol–water partition coefficient (Wildman–Crippen LogP) is 2.72. The van der Waals surface area contributed by atoms with Crippen LogP contribution in [0.25, 0.3) is 0 Å². The van der Waals surface area contributed by atoms with Crippen molar-refractivity contribution in [2.75, 3.05) is 11.3 Å². The Morgan fingerprint density at radius 1 is 1.24 bits per heavy atom. The summed E-state index contributed by atoms with van der Waals surface area (Å²) in [5.41, 5.74) is 0. The highest BCUT2D eigenvalue weighted by Crippen LogP contribution is 2.18. The van der Waals surface area contributed by atoms with Gasteiger partial charge in [0.15, 0.2) is 0 Å². The maximum absolute atomic E-state index is 12.2. The number of aromatic nitrogens is 2. The number of benzene rings is 1. The molecule has 0 aliphatic carbocycles. The van der Waals surface area contributed by atoms with Gasteiger partial charge in [-0.15, -0.1) is 0 Å². The first-order chi connectivity index (χ1) is 10.0. The standard InChI is InChI=1S/C13H14ClN3O3S/c1-2-9-20-10-3-5-11(6-4-10)21(18,19)17-13-15-8-7-12(14)16-13/h3-8H,2,9H2,1H3,(H,15,16,17). The van der Waals surface area contributed by atoms with Crippen LogP contribution in [-0.2, 0) is 10.0 Å². The third-order valence-electron chi connectivity index (χ3n) is 2.45. The molecule has 2 aromatic rings. The minimum atomic E-state index is -3.76. The molecule has 0 unspecified atom stereocenters. The molecular weight excluding hydrogens is 314 g/mol. The van der Waals surface area contributed by atoms with E-state index < -0.39 is 10.0 Å². The highest BCUT2D eigenvalue weighted by atomic mass is 35.5. The van der Waals surface area contributed by atoms with E-state index in [4.69, 9.17) is 16.3 Å². The fraction of sp³-hybridized carbons (Fsp3) is 0.231. The molecule has 0 fully saturated rings. The summed E-state index contributed by atoms with van der Waals surface area (Å²) in [4.78, 5) is 7.67. The topological polar surface area (TPSA) is 81.2 Å². The van der Waals surface area contributed by atoms with Gasteiger partial charge in [-0.05, 0) is 36.8 Å². The lowest BCUT2D eigenvalue weighted by atomic mass is 10.3. The van der Waals surface area contributed by atoms with Gasteiger partial charge in [0.2, 0.25) is 5.95 Å². The van der Waals surface area contributed by atoms with Gasteiger partial charge in [0.25, 0.3) is 10.0 Å². The van der Waals surface area contributed by atoms with Crippen LogP contribution in [0.1, 0.15) is 13.3 Å². The van der Waals surface area contributed by atoms with Crippen LogP contribution in [0, 0.1) is 0 Å². The molecule has 0 aliphatic heterocycles. The maximum atomic E-state index is 12.2. The SMILES string of the molecule is CCCOc1ccc(S(=O)(=O)Nc2nccc(Cl)n2)cc1. The molecule has 2 rings (SSSR count). The van der Waals surface area contributed by atoms with Crippen molar-refractivity contribution in [2.45, 2.75) is 18.2 Å². The molecule has 6 nitrogen and oxygen atoms in total. The zero-order valence-electron chi connectivity index (χ0n) is 11.3. The lowest BCUT2D eigenvalue weighted by molar-refractivity contribution is 0.317. The van der Waals surface area contributed by atoms with E-state index in [1.165, 1.54) is 24.4 Å². The van der Waals surface area contributed by atoms with Crippen LogP contribution in [0.4, 0.5) is 5.95 Å². The Balaban J connectivity index is 2.15. The average molecular weight is 328 g/mol. The van der Waals surface area contributed by atoms with Crippen molar-refractivity contribution in [1.82, 2.24) is 9.97 Å². The monoisotopic (exact) mass is 327 g/mol. The molecule has 1 aromatic carbocycles. The van der Waals surface area contributed by atoms with Crippen molar-refractivity contribution < 1.29 is 13.2 Å². The Bertz CT molecular complexity index is 705. The number of sulfonamides is 1. The highest BCUT2D eigenvalue weighted by molar-refractivity contribution is 7.92. The summed E-state index contributed by atoms with van der Waals surface area (Å²) in [6.07, 6.45) is 2.25. The summed E-state index contributed by atoms with van der Waals surface area (Å²) in [5.74, 6) is 0.545. The molecule has 8 heteroatoms. The number of hydrogen-bond acceptors (Lipinski definition) is 5. The second-order valence-electron chi connectivity index (χ2n) is 4.13. The number of halogens is 1. The molecule has 21 heavy (non-hydrogen) atoms. The Morgan fingerprint density at radius 2 is 1.95 bits per heavy atom. The number of rotatable bonds is 6. The van der Waals surface area contributed by atoms with Gasteiger partial charge in [-0.25, -0.2) is 23.1 Å². The van der Waals surface area contributed by atoms with Crippen molar-refractivity contribution in [1.29, 1.82) is 0 Å². The van der Waals surface area contributed by atoms with Crippen molar-refractivity contribution >= 4 is 27.6 Å².